The molecule has 1 atom stereocenters. The number of anilines is 1. The van der Waals surface area contributed by atoms with Crippen LogP contribution in [0.25, 0.3) is 0 Å². The molecule has 0 radical (unpaired) electrons. The molecular formula is C20H21N3O6. The first-order chi connectivity index (χ1) is 13.8. The Balaban J connectivity index is 1.84. The van der Waals surface area contributed by atoms with Gasteiger partial charge < -0.3 is 25.8 Å². The van der Waals surface area contributed by atoms with Crippen LogP contribution in [0.2, 0.25) is 0 Å². The lowest BCUT2D eigenvalue weighted by Gasteiger charge is -2.14. The van der Waals surface area contributed by atoms with Crippen molar-refractivity contribution >= 4 is 29.4 Å². The zero-order valence-corrected chi connectivity index (χ0v) is 15.9. The van der Waals surface area contributed by atoms with E-state index < -0.39 is 36.3 Å². The standard InChI is InChI=1S/C20H21N3O6/c1-12(19(26)23-14-9-7-13(8-10-14)18(21)25)29-17(24)11-22-20(27)15-5-3-4-6-16(15)28-2/h3-10,12H,11H2,1-2H3,(H2,21,25)(H,22,27)(H,23,26)/t12-/m1/s1. The van der Waals surface area contributed by atoms with Crippen molar-refractivity contribution in [2.75, 3.05) is 19.0 Å². The summed E-state index contributed by atoms with van der Waals surface area (Å²) in [6.07, 6.45) is -1.10. The molecule has 0 aliphatic rings. The Kier molecular flexibility index (Phi) is 7.30. The summed E-state index contributed by atoms with van der Waals surface area (Å²) in [4.78, 5) is 47.2. The highest BCUT2D eigenvalue weighted by molar-refractivity contribution is 5.99. The topological polar surface area (TPSA) is 137 Å². The van der Waals surface area contributed by atoms with Crippen molar-refractivity contribution in [3.8, 4) is 5.75 Å². The molecule has 3 amide bonds. The molecule has 0 bridgehead atoms. The zero-order chi connectivity index (χ0) is 21.4. The first kappa shape index (κ1) is 21.4. The second-order valence-electron chi connectivity index (χ2n) is 5.95. The van der Waals surface area contributed by atoms with Crippen molar-refractivity contribution < 1.29 is 28.7 Å². The summed E-state index contributed by atoms with van der Waals surface area (Å²) in [6.45, 7) is 0.981. The van der Waals surface area contributed by atoms with E-state index in [1.165, 1.54) is 38.3 Å². The molecule has 0 aliphatic carbocycles. The van der Waals surface area contributed by atoms with Crippen molar-refractivity contribution in [1.29, 1.82) is 0 Å². The molecule has 0 heterocycles. The highest BCUT2D eigenvalue weighted by Crippen LogP contribution is 2.16. The molecule has 0 aliphatic heterocycles. The van der Waals surface area contributed by atoms with Crippen LogP contribution in [0.5, 0.6) is 5.75 Å². The van der Waals surface area contributed by atoms with Crippen molar-refractivity contribution in [2.45, 2.75) is 13.0 Å². The highest BCUT2D eigenvalue weighted by atomic mass is 16.5. The molecule has 0 unspecified atom stereocenters. The molecule has 152 valence electrons. The van der Waals surface area contributed by atoms with E-state index in [4.69, 9.17) is 15.2 Å². The quantitative estimate of drug-likeness (QED) is 0.569. The molecule has 0 saturated heterocycles. The normalized spacial score (nSPS) is 11.1. The van der Waals surface area contributed by atoms with Gasteiger partial charge in [0.15, 0.2) is 6.10 Å². The number of methoxy groups -OCH3 is 1. The lowest BCUT2D eigenvalue weighted by atomic mass is 10.2. The molecular weight excluding hydrogens is 378 g/mol. The number of para-hydroxylation sites is 1. The molecule has 0 aromatic heterocycles. The Morgan fingerprint density at radius 2 is 1.69 bits per heavy atom. The third-order valence-electron chi connectivity index (χ3n) is 3.86. The lowest BCUT2D eigenvalue weighted by Crippen LogP contribution is -2.36. The van der Waals surface area contributed by atoms with E-state index in [9.17, 15) is 19.2 Å². The molecule has 0 fully saturated rings. The molecule has 0 saturated carbocycles. The summed E-state index contributed by atoms with van der Waals surface area (Å²) in [7, 11) is 1.43. The van der Waals surface area contributed by atoms with E-state index in [1.807, 2.05) is 0 Å². The number of primary amides is 1. The number of nitrogens with one attached hydrogen (secondary N) is 2. The van der Waals surface area contributed by atoms with Gasteiger partial charge in [-0.05, 0) is 43.3 Å². The van der Waals surface area contributed by atoms with Gasteiger partial charge in [0.25, 0.3) is 11.8 Å². The number of ether oxygens (including phenoxy) is 2. The van der Waals surface area contributed by atoms with Crippen molar-refractivity contribution in [1.82, 2.24) is 5.32 Å². The number of benzene rings is 2. The summed E-state index contributed by atoms with van der Waals surface area (Å²) in [5.41, 5.74) is 6.13. The van der Waals surface area contributed by atoms with Gasteiger partial charge in [-0.25, -0.2) is 0 Å². The number of carbonyl (C=O) groups excluding carboxylic acids is 4. The van der Waals surface area contributed by atoms with Gasteiger partial charge >= 0.3 is 5.97 Å². The van der Waals surface area contributed by atoms with Crippen LogP contribution in [0.15, 0.2) is 48.5 Å². The van der Waals surface area contributed by atoms with E-state index in [0.717, 1.165) is 0 Å². The summed E-state index contributed by atoms with van der Waals surface area (Å²) in [5.74, 6) is -2.07. The first-order valence-electron chi connectivity index (χ1n) is 8.63. The fourth-order valence-electron chi connectivity index (χ4n) is 2.33. The van der Waals surface area contributed by atoms with E-state index >= 15 is 0 Å². The van der Waals surface area contributed by atoms with Gasteiger partial charge in [0.05, 0.1) is 12.7 Å². The Hall–Kier alpha value is -3.88. The van der Waals surface area contributed by atoms with E-state index in [-0.39, 0.29) is 5.56 Å². The number of carbonyl (C=O) groups is 4. The average molecular weight is 399 g/mol. The number of hydrogen-bond donors (Lipinski definition) is 3. The minimum Gasteiger partial charge on any atom is -0.496 e. The Morgan fingerprint density at radius 1 is 1.03 bits per heavy atom. The van der Waals surface area contributed by atoms with Crippen molar-refractivity contribution in [3.05, 3.63) is 59.7 Å². The van der Waals surface area contributed by atoms with Crippen LogP contribution in [-0.4, -0.2) is 43.4 Å². The third kappa shape index (κ3) is 6.06. The fraction of sp³-hybridized carbons (Fsp3) is 0.200. The van der Waals surface area contributed by atoms with E-state index in [1.54, 1.807) is 24.3 Å². The monoisotopic (exact) mass is 399 g/mol. The number of rotatable bonds is 8. The van der Waals surface area contributed by atoms with Crippen LogP contribution in [0.1, 0.15) is 27.6 Å². The number of amides is 3. The maximum Gasteiger partial charge on any atom is 0.326 e. The van der Waals surface area contributed by atoms with Crippen LogP contribution >= 0.6 is 0 Å². The molecule has 29 heavy (non-hydrogen) atoms. The minimum atomic E-state index is -1.10. The van der Waals surface area contributed by atoms with Gasteiger partial charge in [-0.2, -0.15) is 0 Å². The third-order valence-corrected chi connectivity index (χ3v) is 3.86. The van der Waals surface area contributed by atoms with E-state index in [2.05, 4.69) is 10.6 Å². The molecule has 2 aromatic carbocycles. The molecule has 0 spiro atoms. The summed E-state index contributed by atoms with van der Waals surface area (Å²) in [5, 5.41) is 4.96. The largest absolute Gasteiger partial charge is 0.496 e. The molecule has 4 N–H and O–H groups in total. The second-order valence-corrected chi connectivity index (χ2v) is 5.95. The van der Waals surface area contributed by atoms with Crippen LogP contribution < -0.4 is 21.1 Å². The Morgan fingerprint density at radius 3 is 2.31 bits per heavy atom. The van der Waals surface area contributed by atoms with Crippen LogP contribution in [0.3, 0.4) is 0 Å². The summed E-state index contributed by atoms with van der Waals surface area (Å²) in [6, 6.07) is 12.5. The van der Waals surface area contributed by atoms with Gasteiger partial charge in [-0.1, -0.05) is 12.1 Å². The highest BCUT2D eigenvalue weighted by Gasteiger charge is 2.19. The van der Waals surface area contributed by atoms with E-state index in [0.29, 0.717) is 17.0 Å². The predicted octanol–water partition coefficient (Wildman–Crippen LogP) is 1.09. The van der Waals surface area contributed by atoms with Gasteiger partial charge in [-0.3, -0.25) is 19.2 Å². The average Bonchev–Trinajstić information content (AvgIpc) is 2.72. The van der Waals surface area contributed by atoms with Gasteiger partial charge in [-0.15, -0.1) is 0 Å². The smallest absolute Gasteiger partial charge is 0.326 e. The molecule has 9 nitrogen and oxygen atoms in total. The zero-order valence-electron chi connectivity index (χ0n) is 15.9. The van der Waals surface area contributed by atoms with Crippen LogP contribution in [-0.2, 0) is 14.3 Å². The maximum atomic E-state index is 12.2. The molecule has 2 rings (SSSR count). The minimum absolute atomic E-state index is 0.271. The Labute approximate surface area is 167 Å². The van der Waals surface area contributed by atoms with Crippen LogP contribution in [0.4, 0.5) is 5.69 Å². The number of esters is 1. The predicted molar refractivity (Wildman–Crippen MR) is 104 cm³/mol. The van der Waals surface area contributed by atoms with Gasteiger partial charge in [0.1, 0.15) is 12.3 Å². The fourth-order valence-corrected chi connectivity index (χ4v) is 2.33. The van der Waals surface area contributed by atoms with Gasteiger partial charge in [0, 0.05) is 11.3 Å². The lowest BCUT2D eigenvalue weighted by molar-refractivity contribution is -0.152. The molecule has 9 heteroatoms. The molecule has 2 aromatic rings. The van der Waals surface area contributed by atoms with Gasteiger partial charge in [0.2, 0.25) is 5.91 Å². The Bertz CT molecular complexity index is 911. The number of nitrogens with two attached hydrogens (primary N) is 1. The summed E-state index contributed by atoms with van der Waals surface area (Å²) >= 11 is 0. The second kappa shape index (κ2) is 9.88. The maximum absolute atomic E-state index is 12.2. The SMILES string of the molecule is COc1ccccc1C(=O)NCC(=O)O[C@H](C)C(=O)Nc1ccc(C(N)=O)cc1. The van der Waals surface area contributed by atoms with Crippen LogP contribution in [0, 0.1) is 0 Å². The van der Waals surface area contributed by atoms with Crippen molar-refractivity contribution in [2.24, 2.45) is 5.73 Å². The summed E-state index contributed by atoms with van der Waals surface area (Å²) < 4.78 is 10.1. The first-order valence-corrected chi connectivity index (χ1v) is 8.63. The number of hydrogen-bond acceptors (Lipinski definition) is 6. The van der Waals surface area contributed by atoms with Crippen molar-refractivity contribution in [3.63, 3.8) is 0 Å².